The molecule has 5 aliphatic rings. The first-order chi connectivity index (χ1) is 45.8. The van der Waals surface area contributed by atoms with E-state index in [-0.39, 0.29) is 73.4 Å². The molecule has 0 radical (unpaired) electrons. The van der Waals surface area contributed by atoms with Crippen molar-refractivity contribution in [2.75, 3.05) is 70.3 Å². The summed E-state index contributed by atoms with van der Waals surface area (Å²) in [6.45, 7) is 20.3. The number of esters is 1. The highest BCUT2D eigenvalue weighted by atomic mass is 35.5. The first kappa shape index (κ1) is 75.8. The van der Waals surface area contributed by atoms with Crippen LogP contribution in [0, 0.1) is 49.4 Å². The summed E-state index contributed by atoms with van der Waals surface area (Å²) in [5.74, 6) is -6.61. The number of halogens is 1. The third kappa shape index (κ3) is 19.9. The Labute approximate surface area is 575 Å². The van der Waals surface area contributed by atoms with Gasteiger partial charge in [0.05, 0.1) is 42.1 Å². The summed E-state index contributed by atoms with van der Waals surface area (Å²) in [7, 11) is 2.94. The van der Waals surface area contributed by atoms with Crippen molar-refractivity contribution >= 4 is 74.7 Å². The van der Waals surface area contributed by atoms with Crippen molar-refractivity contribution in [3.8, 4) is 0 Å². The number of rotatable bonds is 15. The van der Waals surface area contributed by atoms with Crippen molar-refractivity contribution in [3.63, 3.8) is 0 Å². The molecule has 3 aromatic rings. The minimum atomic E-state index is -2.52. The Morgan fingerprint density at radius 3 is 2.38 bits per heavy atom. The molecule has 2 aromatic heterocycles. The molecule has 8 rings (SSSR count). The van der Waals surface area contributed by atoms with Gasteiger partial charge in [-0.2, -0.15) is 0 Å². The molecule has 23 heteroatoms. The number of amides is 1. The van der Waals surface area contributed by atoms with Gasteiger partial charge in [0, 0.05) is 102 Å². The second-order valence-corrected chi connectivity index (χ2v) is 28.9. The monoisotopic (exact) mass is 1370 g/mol. The Hall–Kier alpha value is -5.92. The van der Waals surface area contributed by atoms with E-state index in [1.165, 1.54) is 23.3 Å². The Balaban J connectivity index is 0.976. The number of nitrogens with zero attached hydrogens (tertiary/aromatic N) is 6. The second-order valence-electron chi connectivity index (χ2n) is 27.5. The molecule has 15 atom stereocenters. The maximum atomic E-state index is 14.7. The number of hydrogen-bond donors (Lipinski definition) is 4. The van der Waals surface area contributed by atoms with Crippen LogP contribution in [0.25, 0.3) is 0 Å². The van der Waals surface area contributed by atoms with Crippen molar-refractivity contribution in [1.82, 2.24) is 24.8 Å². The number of aryl methyl sites for hydroxylation is 2. The number of piperazine rings is 1. The molecule has 1 amide bonds. The topological polar surface area (TPSA) is 270 Å². The summed E-state index contributed by atoms with van der Waals surface area (Å²) in [4.78, 5) is 106. The smallest absolute Gasteiger partial charge is 0.329 e. The second kappa shape index (κ2) is 35.2. The number of aliphatic hydroxyl groups is 3. The lowest BCUT2D eigenvalue weighted by atomic mass is 9.78. The van der Waals surface area contributed by atoms with Gasteiger partial charge in [-0.15, -0.1) is 0 Å². The third-order valence-corrected chi connectivity index (χ3v) is 21.5. The van der Waals surface area contributed by atoms with Crippen LogP contribution in [0.3, 0.4) is 0 Å². The summed E-state index contributed by atoms with van der Waals surface area (Å²) in [6, 6.07) is 6.28. The first-order valence-corrected chi connectivity index (χ1v) is 35.5. The fourth-order valence-corrected chi connectivity index (χ4v) is 15.1. The molecule has 4 aliphatic heterocycles. The van der Waals surface area contributed by atoms with Gasteiger partial charge in [0.15, 0.2) is 16.7 Å². The van der Waals surface area contributed by atoms with E-state index in [0.717, 1.165) is 22.5 Å². The summed E-state index contributed by atoms with van der Waals surface area (Å²) in [5, 5.41) is 39.1. The highest BCUT2D eigenvalue weighted by molar-refractivity contribution is 7.17. The number of fused-ring (bicyclic) bond motifs is 3. The number of piperidine rings is 1. The first-order valence-electron chi connectivity index (χ1n) is 34.4. The highest BCUT2D eigenvalue weighted by Crippen LogP contribution is 2.39. The predicted molar refractivity (Wildman–Crippen MR) is 369 cm³/mol. The zero-order valence-electron chi connectivity index (χ0n) is 57.9. The van der Waals surface area contributed by atoms with E-state index in [2.05, 4.69) is 25.1 Å². The van der Waals surface area contributed by atoms with Crippen LogP contribution >= 0.6 is 22.9 Å². The molecular formula is C73H102ClN7O14S. The zero-order chi connectivity index (χ0) is 69.5. The quantitative estimate of drug-likeness (QED) is 0.0477. The van der Waals surface area contributed by atoms with E-state index >= 15 is 0 Å². The van der Waals surface area contributed by atoms with E-state index < -0.39 is 83.9 Å². The van der Waals surface area contributed by atoms with Crippen molar-refractivity contribution in [3.05, 3.63) is 105 Å². The van der Waals surface area contributed by atoms with Crippen LogP contribution in [0.4, 0.5) is 16.8 Å². The molecule has 1 saturated carbocycles. The number of aromatic nitrogens is 3. The van der Waals surface area contributed by atoms with Gasteiger partial charge < -0.3 is 54.1 Å². The number of cyclic esters (lactones) is 1. The predicted octanol–water partition coefficient (Wildman–Crippen LogP) is 10.1. The number of hydrogen-bond acceptors (Lipinski definition) is 21. The lowest BCUT2D eigenvalue weighted by Crippen LogP contribution is -2.61. The molecule has 4 N–H and O–H groups in total. The van der Waals surface area contributed by atoms with Crippen molar-refractivity contribution < 1.29 is 67.8 Å². The van der Waals surface area contributed by atoms with Crippen LogP contribution in [0.2, 0.25) is 5.02 Å². The van der Waals surface area contributed by atoms with Crippen LogP contribution in [0.1, 0.15) is 152 Å². The standard InChI is InChI=1S/C73H102ClN7O14S/c1-43-18-13-12-14-19-45(3)60(93-33-32-79-28-30-80(31-29-79)65-41-64(76-51(9)77-65)78-72-75-42-63(96-72)59(84)39-54-44(2)20-17-21-55(54)74)38-53-25-23-50(8)73(90,95-53)69(87)70(88)81-27-16-15-22-56(81)71(89)94-61(47(5)36-52-24-26-57(82)62(37-52)91-10)40-58(83)46(4)35-49(7)67(86)68(92-11)66(85)48(6)34-43/h12-14,17-21,35,41-43,46-48,50,52-53,56-57,60-62,67-68,82,86,90H,15-16,22-34,36-40H2,1-11H3,(H,75,76,77,78)/b14-12+,18-13+,45-19-,49-35+/t43-,46-,47?,48-,50-,52-,53+,56+,57-,60+,61+,62-,67-,68+,73-/m1/s1. The largest absolute Gasteiger partial charge is 0.460 e. The number of ketones is 4. The van der Waals surface area contributed by atoms with E-state index in [0.29, 0.717) is 129 Å². The van der Waals surface area contributed by atoms with Gasteiger partial charge in [0.2, 0.25) is 5.79 Å². The molecule has 2 bridgehead atoms. The number of carbonyl (C=O) groups is 6. The molecule has 0 spiro atoms. The minimum absolute atomic E-state index is 0.0370. The summed E-state index contributed by atoms with van der Waals surface area (Å²) >= 11 is 7.69. The number of nitrogens with one attached hydrogen (secondary N) is 1. The number of carbonyl (C=O) groups excluding carboxylic acids is 6. The molecule has 1 aromatic carbocycles. The molecule has 96 heavy (non-hydrogen) atoms. The van der Waals surface area contributed by atoms with Gasteiger partial charge in [-0.05, 0) is 138 Å². The number of allylic oxidation sites excluding steroid dienone is 6. The average Bonchev–Trinajstić information content (AvgIpc) is 0.893. The SMILES string of the molecule is CO[C@@H]1C[C@@H](CC(C)[C@@H]2CC(=O)[C@H](C)/C=C(\C)[C@@H](O)[C@@H](OC)C(=O)[C@H](C)C[C@H](C)/C=C/C=C/C=C(/C)[C@@H](OCCN3CCN(c4cc(Nc5ncc(C(=O)Cc6c(C)cccc6Cl)s5)nc(C)n4)CC3)C[C@@H]3CC[C@@H](C)[C@@](O)(O3)C(=O)C(=O)N3CCCC[C@H]3C(=O)O2)CC[C@H]1O. The molecule has 526 valence electrons. The number of aliphatic hydroxyl groups excluding tert-OH is 2. The number of thiazole rings is 1. The van der Waals surface area contributed by atoms with Crippen molar-refractivity contribution in [2.45, 2.75) is 200 Å². The van der Waals surface area contributed by atoms with Crippen LogP contribution in [-0.4, -0.2) is 190 Å². The van der Waals surface area contributed by atoms with Crippen molar-refractivity contribution in [1.29, 1.82) is 0 Å². The van der Waals surface area contributed by atoms with Crippen LogP contribution in [0.5, 0.6) is 0 Å². The zero-order valence-corrected chi connectivity index (χ0v) is 59.5. The molecule has 1 aliphatic carbocycles. The molecule has 1 unspecified atom stereocenters. The van der Waals surface area contributed by atoms with Gasteiger partial charge in [-0.3, -0.25) is 28.9 Å². The van der Waals surface area contributed by atoms with Crippen LogP contribution < -0.4 is 10.2 Å². The highest BCUT2D eigenvalue weighted by Gasteiger charge is 2.53. The number of benzene rings is 1. The van der Waals surface area contributed by atoms with Crippen LogP contribution in [-0.2, 0) is 54.1 Å². The van der Waals surface area contributed by atoms with Gasteiger partial charge >= 0.3 is 5.97 Å². The van der Waals surface area contributed by atoms with Gasteiger partial charge in [0.25, 0.3) is 11.7 Å². The van der Waals surface area contributed by atoms with Gasteiger partial charge in [0.1, 0.15) is 47.6 Å². The minimum Gasteiger partial charge on any atom is -0.460 e. The Bertz CT molecular complexity index is 3290. The number of anilines is 3. The molecule has 6 heterocycles. The maximum absolute atomic E-state index is 14.7. The van der Waals surface area contributed by atoms with Crippen LogP contribution in [0.15, 0.2) is 78.1 Å². The molecule has 3 saturated heterocycles. The summed E-state index contributed by atoms with van der Waals surface area (Å²) < 4.78 is 30.8. The fourth-order valence-electron chi connectivity index (χ4n) is 14.0. The van der Waals surface area contributed by atoms with Crippen molar-refractivity contribution in [2.24, 2.45) is 35.5 Å². The normalized spacial score (nSPS) is 32.3. The number of ether oxygens (including phenoxy) is 5. The Morgan fingerprint density at radius 2 is 1.65 bits per heavy atom. The Kier molecular flexibility index (Phi) is 27.8. The summed E-state index contributed by atoms with van der Waals surface area (Å²) in [6.07, 6.45) is 12.2. The average molecular weight is 1370 g/mol. The lowest BCUT2D eigenvalue weighted by Gasteiger charge is -2.43. The van der Waals surface area contributed by atoms with E-state index in [9.17, 15) is 44.1 Å². The maximum Gasteiger partial charge on any atom is 0.329 e. The number of methoxy groups -OCH3 is 2. The van der Waals surface area contributed by atoms with E-state index in [1.54, 1.807) is 46.2 Å². The lowest BCUT2D eigenvalue weighted by molar-refractivity contribution is -0.266. The molecule has 21 nitrogen and oxygen atoms in total. The molecule has 4 fully saturated rings. The fraction of sp³-hybridized carbons (Fsp3) is 0.630. The molecular weight excluding hydrogens is 1270 g/mol. The third-order valence-electron chi connectivity index (χ3n) is 20.1. The van der Waals surface area contributed by atoms with Gasteiger partial charge in [-0.25, -0.2) is 19.7 Å². The van der Waals surface area contributed by atoms with E-state index in [4.69, 9.17) is 40.3 Å². The number of Topliss-reactive ketones (excluding diaryl/α,β-unsaturated/α-hetero) is 4. The van der Waals surface area contributed by atoms with E-state index in [1.807, 2.05) is 90.1 Å². The Morgan fingerprint density at radius 1 is 0.885 bits per heavy atom. The van der Waals surface area contributed by atoms with Gasteiger partial charge in [-0.1, -0.05) is 106 Å². The summed E-state index contributed by atoms with van der Waals surface area (Å²) in [5.41, 5.74) is 2.98.